The lowest BCUT2D eigenvalue weighted by atomic mass is 10.1. The minimum absolute atomic E-state index is 0.0416. The molecular weight excluding hydrogens is 378 g/mol. The molecule has 30 heavy (non-hydrogen) atoms. The van der Waals surface area contributed by atoms with Gasteiger partial charge in [-0.3, -0.25) is 9.59 Å². The summed E-state index contributed by atoms with van der Waals surface area (Å²) in [5.41, 5.74) is 4.32. The maximum Gasteiger partial charge on any atom is 0.231 e. The van der Waals surface area contributed by atoms with Gasteiger partial charge in [0, 0.05) is 29.9 Å². The average Bonchev–Trinajstić information content (AvgIpc) is 3.07. The van der Waals surface area contributed by atoms with Crippen LogP contribution in [0, 0.1) is 13.8 Å². The third-order valence-electron chi connectivity index (χ3n) is 5.06. The topological polar surface area (TPSA) is 75.4 Å². The van der Waals surface area contributed by atoms with E-state index in [0.717, 1.165) is 28.3 Å². The number of aromatic nitrogens is 1. The summed E-state index contributed by atoms with van der Waals surface area (Å²) < 4.78 is 5.13. The Balaban J connectivity index is 1.54. The molecule has 1 aromatic heterocycles. The van der Waals surface area contributed by atoms with Gasteiger partial charge in [-0.1, -0.05) is 35.5 Å². The number of hydrogen-bond acceptors (Lipinski definition) is 4. The monoisotopic (exact) mass is 405 g/mol. The number of likely N-dealkylation sites (N-methyl/N-ethyl adjacent to an activating group) is 1. The van der Waals surface area contributed by atoms with Gasteiger partial charge in [-0.25, -0.2) is 0 Å². The number of benzene rings is 2. The van der Waals surface area contributed by atoms with E-state index in [4.69, 9.17) is 4.52 Å². The fourth-order valence-electron chi connectivity index (χ4n) is 3.41. The normalized spacial score (nSPS) is 10.6. The molecule has 0 aliphatic carbocycles. The zero-order valence-corrected chi connectivity index (χ0v) is 17.6. The second kappa shape index (κ2) is 9.87. The van der Waals surface area contributed by atoms with Gasteiger partial charge in [-0.2, -0.15) is 0 Å². The Bertz CT molecular complexity index is 975. The van der Waals surface area contributed by atoms with Crippen LogP contribution in [0.15, 0.2) is 59.1 Å². The average molecular weight is 405 g/mol. The first-order chi connectivity index (χ1) is 14.5. The number of aryl methyl sites for hydroxylation is 2. The van der Waals surface area contributed by atoms with Crippen molar-refractivity contribution < 1.29 is 14.1 Å². The smallest absolute Gasteiger partial charge is 0.231 e. The summed E-state index contributed by atoms with van der Waals surface area (Å²) in [6, 6.07) is 17.1. The maximum absolute atomic E-state index is 12.7. The van der Waals surface area contributed by atoms with Crippen LogP contribution in [-0.2, 0) is 22.4 Å². The summed E-state index contributed by atoms with van der Waals surface area (Å²) in [7, 11) is 0. The molecule has 6 nitrogen and oxygen atoms in total. The standard InChI is InChI=1S/C24H27N3O3/c1-4-27(21-8-6-5-7-9-21)24(29)16-19-10-12-20(13-11-19)25-23(28)15-14-22-17(2)26-30-18(22)3/h5-13H,4,14-16H2,1-3H3,(H,25,28). The second-order valence-electron chi connectivity index (χ2n) is 7.20. The molecule has 3 aromatic rings. The third kappa shape index (κ3) is 5.35. The van der Waals surface area contributed by atoms with Crippen LogP contribution in [0.3, 0.4) is 0 Å². The highest BCUT2D eigenvalue weighted by molar-refractivity contribution is 5.95. The van der Waals surface area contributed by atoms with Crippen molar-refractivity contribution in [2.45, 2.75) is 40.0 Å². The highest BCUT2D eigenvalue weighted by Crippen LogP contribution is 2.17. The highest BCUT2D eigenvalue weighted by atomic mass is 16.5. The first-order valence-corrected chi connectivity index (χ1v) is 10.1. The van der Waals surface area contributed by atoms with Crippen molar-refractivity contribution in [1.82, 2.24) is 5.16 Å². The Kier molecular flexibility index (Phi) is 7.01. The van der Waals surface area contributed by atoms with E-state index < -0.39 is 0 Å². The molecule has 0 spiro atoms. The molecule has 0 fully saturated rings. The van der Waals surface area contributed by atoms with Crippen LogP contribution in [0.1, 0.15) is 35.9 Å². The molecule has 0 aliphatic heterocycles. The van der Waals surface area contributed by atoms with E-state index in [1.807, 2.05) is 75.4 Å². The van der Waals surface area contributed by atoms with Crippen LogP contribution < -0.4 is 10.2 Å². The fraction of sp³-hybridized carbons (Fsp3) is 0.292. The molecule has 156 valence electrons. The van der Waals surface area contributed by atoms with Crippen molar-refractivity contribution in [2.75, 3.05) is 16.8 Å². The maximum atomic E-state index is 12.7. The molecule has 6 heteroatoms. The van der Waals surface area contributed by atoms with Crippen LogP contribution in [0.2, 0.25) is 0 Å². The fourth-order valence-corrected chi connectivity index (χ4v) is 3.41. The first-order valence-electron chi connectivity index (χ1n) is 10.1. The van der Waals surface area contributed by atoms with Crippen LogP contribution in [0.5, 0.6) is 0 Å². The van der Waals surface area contributed by atoms with E-state index in [9.17, 15) is 9.59 Å². The number of hydrogen-bond donors (Lipinski definition) is 1. The van der Waals surface area contributed by atoms with Crippen LogP contribution in [0.25, 0.3) is 0 Å². The van der Waals surface area contributed by atoms with Crippen molar-refractivity contribution in [3.63, 3.8) is 0 Å². The van der Waals surface area contributed by atoms with Gasteiger partial charge in [0.05, 0.1) is 12.1 Å². The number of nitrogens with zero attached hydrogens (tertiary/aromatic N) is 2. The van der Waals surface area contributed by atoms with Crippen molar-refractivity contribution in [2.24, 2.45) is 0 Å². The number of carbonyl (C=O) groups is 2. The lowest BCUT2D eigenvalue weighted by Gasteiger charge is -2.21. The summed E-state index contributed by atoms with van der Waals surface area (Å²) in [6.07, 6.45) is 1.25. The number of anilines is 2. The molecule has 1 N–H and O–H groups in total. The lowest BCUT2D eigenvalue weighted by Crippen LogP contribution is -2.31. The van der Waals surface area contributed by atoms with Crippen molar-refractivity contribution in [3.05, 3.63) is 77.2 Å². The van der Waals surface area contributed by atoms with Crippen molar-refractivity contribution >= 4 is 23.2 Å². The molecule has 0 saturated heterocycles. The van der Waals surface area contributed by atoms with E-state index in [1.165, 1.54) is 0 Å². The quantitative estimate of drug-likeness (QED) is 0.600. The van der Waals surface area contributed by atoms with Gasteiger partial charge in [-0.05, 0) is 57.0 Å². The van der Waals surface area contributed by atoms with Crippen LogP contribution >= 0.6 is 0 Å². The van der Waals surface area contributed by atoms with E-state index in [-0.39, 0.29) is 11.8 Å². The minimum Gasteiger partial charge on any atom is -0.361 e. The Labute approximate surface area is 176 Å². The van der Waals surface area contributed by atoms with E-state index in [1.54, 1.807) is 4.90 Å². The predicted octanol–water partition coefficient (Wildman–Crippen LogP) is 4.46. The second-order valence-corrected chi connectivity index (χ2v) is 7.20. The van der Waals surface area contributed by atoms with Gasteiger partial charge in [-0.15, -0.1) is 0 Å². The summed E-state index contributed by atoms with van der Waals surface area (Å²) in [4.78, 5) is 26.7. The summed E-state index contributed by atoms with van der Waals surface area (Å²) in [5, 5.41) is 6.81. The largest absolute Gasteiger partial charge is 0.361 e. The number of rotatable bonds is 8. The van der Waals surface area contributed by atoms with Crippen LogP contribution in [-0.4, -0.2) is 23.5 Å². The molecule has 1 heterocycles. The van der Waals surface area contributed by atoms with Gasteiger partial charge in [0.15, 0.2) is 0 Å². The van der Waals surface area contributed by atoms with E-state index in [0.29, 0.717) is 31.5 Å². The first kappa shape index (κ1) is 21.3. The Hall–Kier alpha value is -3.41. The van der Waals surface area contributed by atoms with Gasteiger partial charge in [0.2, 0.25) is 11.8 Å². The third-order valence-corrected chi connectivity index (χ3v) is 5.06. The molecule has 0 atom stereocenters. The summed E-state index contributed by atoms with van der Waals surface area (Å²) >= 11 is 0. The van der Waals surface area contributed by atoms with Gasteiger partial charge >= 0.3 is 0 Å². The molecule has 2 amide bonds. The SMILES string of the molecule is CCN(C(=O)Cc1ccc(NC(=O)CCc2c(C)noc2C)cc1)c1ccccc1. The number of nitrogens with one attached hydrogen (secondary N) is 1. The van der Waals surface area contributed by atoms with E-state index in [2.05, 4.69) is 10.5 Å². The molecule has 0 saturated carbocycles. The van der Waals surface area contributed by atoms with Crippen LogP contribution in [0.4, 0.5) is 11.4 Å². The summed E-state index contributed by atoms with van der Waals surface area (Å²) in [5.74, 6) is 0.728. The Morgan fingerprint density at radius 2 is 1.73 bits per heavy atom. The molecule has 3 rings (SSSR count). The predicted molar refractivity (Wildman–Crippen MR) is 118 cm³/mol. The number of carbonyl (C=O) groups excluding carboxylic acids is 2. The molecule has 0 radical (unpaired) electrons. The van der Waals surface area contributed by atoms with Gasteiger partial charge < -0.3 is 14.7 Å². The molecule has 0 bridgehead atoms. The molecular formula is C24H27N3O3. The zero-order chi connectivity index (χ0) is 21.5. The summed E-state index contributed by atoms with van der Waals surface area (Å²) in [6.45, 7) is 6.31. The molecule has 0 unspecified atom stereocenters. The van der Waals surface area contributed by atoms with Crippen molar-refractivity contribution in [1.29, 1.82) is 0 Å². The van der Waals surface area contributed by atoms with Gasteiger partial charge in [0.25, 0.3) is 0 Å². The molecule has 0 aliphatic rings. The highest BCUT2D eigenvalue weighted by Gasteiger charge is 2.15. The number of amides is 2. The lowest BCUT2D eigenvalue weighted by molar-refractivity contribution is -0.118. The van der Waals surface area contributed by atoms with Crippen molar-refractivity contribution in [3.8, 4) is 0 Å². The molecule has 2 aromatic carbocycles. The minimum atomic E-state index is -0.0694. The van der Waals surface area contributed by atoms with E-state index >= 15 is 0 Å². The zero-order valence-electron chi connectivity index (χ0n) is 17.6. The Morgan fingerprint density at radius 1 is 1.03 bits per heavy atom. The van der Waals surface area contributed by atoms with Gasteiger partial charge in [0.1, 0.15) is 5.76 Å². The Morgan fingerprint density at radius 3 is 2.33 bits per heavy atom. The number of para-hydroxylation sites is 1.